The zero-order chi connectivity index (χ0) is 30.0. The zero-order valence-corrected chi connectivity index (χ0v) is 26.8. The van der Waals surface area contributed by atoms with Crippen molar-refractivity contribution in [2.45, 2.75) is 80.1 Å². The van der Waals surface area contributed by atoms with E-state index in [4.69, 9.17) is 0 Å². The molecule has 0 aliphatic carbocycles. The van der Waals surface area contributed by atoms with E-state index < -0.39 is 0 Å². The minimum Gasteiger partial charge on any atom is -0.0648 e. The first kappa shape index (κ1) is 29.6. The quantitative estimate of drug-likeness (QED) is 0.180. The molecule has 0 heterocycles. The monoisotopic (exact) mass is 550 g/mol. The van der Waals surface area contributed by atoms with E-state index in [9.17, 15) is 0 Å². The van der Waals surface area contributed by atoms with E-state index in [0.717, 1.165) is 12.8 Å². The molecule has 2 unspecified atom stereocenters. The van der Waals surface area contributed by atoms with E-state index in [1.807, 2.05) is 0 Å². The lowest BCUT2D eigenvalue weighted by Gasteiger charge is -2.23. The Hall–Kier alpha value is -3.90. The molecule has 0 saturated carbocycles. The van der Waals surface area contributed by atoms with Crippen LogP contribution < -0.4 is 0 Å². The molecule has 0 aliphatic heterocycles. The molecule has 0 bridgehead atoms. The summed E-state index contributed by atoms with van der Waals surface area (Å²) in [5.74, 6) is 0.943. The number of aryl methyl sites for hydroxylation is 4. The topological polar surface area (TPSA) is 0 Å². The van der Waals surface area contributed by atoms with Gasteiger partial charge in [-0.05, 0) is 142 Å². The van der Waals surface area contributed by atoms with Crippen LogP contribution in [0.5, 0.6) is 0 Å². The molecule has 214 valence electrons. The first-order valence-electron chi connectivity index (χ1n) is 15.7. The highest BCUT2D eigenvalue weighted by atomic mass is 14.2. The summed E-state index contributed by atoms with van der Waals surface area (Å²) in [6.45, 7) is 18.1. The van der Waals surface area contributed by atoms with E-state index in [-0.39, 0.29) is 0 Å². The molecule has 2 atom stereocenters. The molecule has 0 aromatic heterocycles. The van der Waals surface area contributed by atoms with Crippen molar-refractivity contribution >= 4 is 0 Å². The van der Waals surface area contributed by atoms with E-state index in [0.29, 0.717) is 11.8 Å². The maximum atomic E-state index is 2.51. The van der Waals surface area contributed by atoms with Gasteiger partial charge in [-0.2, -0.15) is 0 Å². The molecule has 5 rings (SSSR count). The van der Waals surface area contributed by atoms with Gasteiger partial charge in [-0.15, -0.1) is 0 Å². The van der Waals surface area contributed by atoms with Crippen molar-refractivity contribution in [2.24, 2.45) is 0 Å². The Labute approximate surface area is 254 Å². The van der Waals surface area contributed by atoms with Crippen LogP contribution in [-0.4, -0.2) is 0 Å². The molecule has 0 spiro atoms. The molecular formula is C42H46. The van der Waals surface area contributed by atoms with Gasteiger partial charge in [-0.3, -0.25) is 0 Å². The maximum absolute atomic E-state index is 2.51. The molecule has 0 radical (unpaired) electrons. The smallest absolute Gasteiger partial charge is 0.0146 e. The van der Waals surface area contributed by atoms with E-state index in [2.05, 4.69) is 152 Å². The summed E-state index contributed by atoms with van der Waals surface area (Å²) in [5.41, 5.74) is 18.7. The van der Waals surface area contributed by atoms with Gasteiger partial charge in [-0.25, -0.2) is 0 Å². The molecule has 42 heavy (non-hydrogen) atoms. The number of hydrogen-bond acceptors (Lipinski definition) is 0. The lowest BCUT2D eigenvalue weighted by atomic mass is 9.81. The van der Waals surface area contributed by atoms with Gasteiger partial charge in [0.05, 0.1) is 0 Å². The van der Waals surface area contributed by atoms with E-state index in [1.54, 1.807) is 0 Å². The summed E-state index contributed by atoms with van der Waals surface area (Å²) in [6, 6.07) is 37.0. The third-order valence-electron chi connectivity index (χ3n) is 9.58. The van der Waals surface area contributed by atoms with Gasteiger partial charge in [0.2, 0.25) is 0 Å². The summed E-state index contributed by atoms with van der Waals surface area (Å²) >= 11 is 0. The zero-order valence-electron chi connectivity index (χ0n) is 26.8. The van der Waals surface area contributed by atoms with E-state index in [1.165, 1.54) is 77.9 Å². The van der Waals surface area contributed by atoms with Crippen molar-refractivity contribution < 1.29 is 0 Å². The van der Waals surface area contributed by atoms with Crippen molar-refractivity contribution in [2.75, 3.05) is 0 Å². The normalized spacial score (nSPS) is 12.8. The van der Waals surface area contributed by atoms with Crippen molar-refractivity contribution in [1.29, 1.82) is 0 Å². The van der Waals surface area contributed by atoms with Crippen molar-refractivity contribution in [1.82, 2.24) is 0 Å². The van der Waals surface area contributed by atoms with Gasteiger partial charge in [0, 0.05) is 0 Å². The maximum Gasteiger partial charge on any atom is -0.0146 e. The van der Waals surface area contributed by atoms with Gasteiger partial charge in [0.15, 0.2) is 0 Å². The van der Waals surface area contributed by atoms with E-state index >= 15 is 0 Å². The van der Waals surface area contributed by atoms with Crippen LogP contribution in [0.4, 0.5) is 0 Å². The Balaban J connectivity index is 1.59. The summed E-state index contributed by atoms with van der Waals surface area (Å²) in [6.07, 6.45) is 2.23. The number of benzene rings is 5. The molecule has 0 saturated heterocycles. The highest BCUT2D eigenvalue weighted by Gasteiger charge is 2.19. The Bertz CT molecular complexity index is 1550. The van der Waals surface area contributed by atoms with Crippen LogP contribution in [-0.2, 0) is 0 Å². The summed E-state index contributed by atoms with van der Waals surface area (Å²) < 4.78 is 0. The minimum atomic E-state index is 0.471. The fourth-order valence-corrected chi connectivity index (χ4v) is 5.91. The lowest BCUT2D eigenvalue weighted by Crippen LogP contribution is -2.02. The van der Waals surface area contributed by atoms with Gasteiger partial charge in [0.1, 0.15) is 0 Å². The van der Waals surface area contributed by atoms with Gasteiger partial charge < -0.3 is 0 Å². The summed E-state index contributed by atoms with van der Waals surface area (Å²) in [5, 5.41) is 0. The third kappa shape index (κ3) is 6.00. The van der Waals surface area contributed by atoms with Gasteiger partial charge in [0.25, 0.3) is 0 Å². The number of hydrogen-bond donors (Lipinski definition) is 0. The second-order valence-electron chi connectivity index (χ2n) is 12.4. The largest absolute Gasteiger partial charge is 0.0648 e. The van der Waals surface area contributed by atoms with Gasteiger partial charge >= 0.3 is 0 Å². The first-order valence-corrected chi connectivity index (χ1v) is 15.7. The Morgan fingerprint density at radius 1 is 0.381 bits per heavy atom. The molecule has 5 aromatic carbocycles. The average Bonchev–Trinajstić information content (AvgIpc) is 3.02. The molecule has 0 amide bonds. The molecule has 0 N–H and O–H groups in total. The first-order chi connectivity index (χ1) is 20.2. The standard InChI is InChI=1S/C42H46/c1-9-27(3)39-25-42(36-21-17-34(18-22-36)38-14-12-30(6)32(8)24-38)40(28(4)10-2)26-41(39)35-19-15-33(16-20-35)37-13-11-29(5)31(7)23-37/h11-28H,9-10H2,1-8H3. The minimum absolute atomic E-state index is 0.471. The molecular weight excluding hydrogens is 504 g/mol. The predicted molar refractivity (Wildman–Crippen MR) is 185 cm³/mol. The van der Waals surface area contributed by atoms with Crippen molar-refractivity contribution in [3.8, 4) is 44.5 Å². The number of rotatable bonds is 8. The second kappa shape index (κ2) is 12.5. The molecule has 5 aromatic rings. The molecule has 0 fully saturated rings. The van der Waals surface area contributed by atoms with Crippen molar-refractivity contribution in [3.05, 3.63) is 130 Å². The summed E-state index contributed by atoms with van der Waals surface area (Å²) in [4.78, 5) is 0. The van der Waals surface area contributed by atoms with Crippen LogP contribution in [0.1, 0.15) is 85.8 Å². The van der Waals surface area contributed by atoms with Crippen LogP contribution in [0.3, 0.4) is 0 Å². The average molecular weight is 551 g/mol. The fourth-order valence-electron chi connectivity index (χ4n) is 5.91. The fraction of sp³-hybridized carbons (Fsp3) is 0.286. The Morgan fingerprint density at radius 3 is 1.00 bits per heavy atom. The Morgan fingerprint density at radius 2 is 0.690 bits per heavy atom. The SMILES string of the molecule is CCC(C)c1cc(-c2ccc(-c3ccc(C)c(C)c3)cc2)c(C(C)CC)cc1-c1ccc(-c2ccc(C)c(C)c2)cc1. The Kier molecular flexibility index (Phi) is 8.83. The second-order valence-corrected chi connectivity index (χ2v) is 12.4. The van der Waals surface area contributed by atoms with Crippen LogP contribution in [0, 0.1) is 27.7 Å². The molecule has 0 heteroatoms. The predicted octanol–water partition coefficient (Wildman–Crippen LogP) is 12.6. The van der Waals surface area contributed by atoms with Crippen LogP contribution in [0.15, 0.2) is 97.1 Å². The lowest BCUT2D eigenvalue weighted by molar-refractivity contribution is 0.722. The molecule has 0 aliphatic rings. The third-order valence-corrected chi connectivity index (χ3v) is 9.58. The van der Waals surface area contributed by atoms with Crippen LogP contribution >= 0.6 is 0 Å². The highest BCUT2D eigenvalue weighted by Crippen LogP contribution is 2.41. The van der Waals surface area contributed by atoms with Crippen LogP contribution in [0.25, 0.3) is 44.5 Å². The van der Waals surface area contributed by atoms with Crippen molar-refractivity contribution in [3.63, 3.8) is 0 Å². The van der Waals surface area contributed by atoms with Gasteiger partial charge in [-0.1, -0.05) is 113 Å². The summed E-state index contributed by atoms with van der Waals surface area (Å²) in [7, 11) is 0. The van der Waals surface area contributed by atoms with Crippen LogP contribution in [0.2, 0.25) is 0 Å². The highest BCUT2D eigenvalue weighted by molar-refractivity contribution is 5.80. The molecule has 0 nitrogen and oxygen atoms in total.